The molecule has 10 heavy (non-hydrogen) atoms. The molecule has 0 aliphatic heterocycles. The second kappa shape index (κ2) is 3.12. The minimum Gasteiger partial charge on any atom is -0.384 e. The first kappa shape index (κ1) is 2.17. The van der Waals surface area contributed by atoms with E-state index < -0.39 is 37.5 Å². The maximum atomic E-state index is 7.35. The Bertz CT molecular complexity index is 409. The third-order valence-electron chi connectivity index (χ3n) is 0.714. The van der Waals surface area contributed by atoms with Crippen molar-refractivity contribution >= 4 is 5.82 Å². The highest BCUT2D eigenvalue weighted by molar-refractivity contribution is 5.24. The summed E-state index contributed by atoms with van der Waals surface area (Å²) in [6.45, 7) is -2.82. The van der Waals surface area contributed by atoms with Crippen molar-refractivity contribution in [2.75, 3.05) is 12.8 Å². The molecule has 1 heterocycles. The van der Waals surface area contributed by atoms with Crippen molar-refractivity contribution in [3.8, 4) is 0 Å². The van der Waals surface area contributed by atoms with Crippen molar-refractivity contribution < 1.29 is 14.3 Å². The van der Waals surface area contributed by atoms with Gasteiger partial charge < -0.3 is 10.5 Å². The Morgan fingerprint density at radius 2 is 3.00 bits per heavy atom. The summed E-state index contributed by atoms with van der Waals surface area (Å²) in [6.07, 6.45) is -0.606. The van der Waals surface area contributed by atoms with Crippen LogP contribution in [0.4, 0.5) is 5.82 Å². The molecule has 1 aromatic rings. The molecule has 0 unspecified atom stereocenters. The number of ether oxygens (including phenoxy) is 1. The van der Waals surface area contributed by atoms with Crippen LogP contribution in [-0.4, -0.2) is 17.0 Å². The summed E-state index contributed by atoms with van der Waals surface area (Å²) < 4.78 is 53.7. The van der Waals surface area contributed by atoms with Crippen LogP contribution in [0.5, 0.6) is 0 Å². The van der Waals surface area contributed by atoms with Gasteiger partial charge in [-0.1, -0.05) is 0 Å². The summed E-state index contributed by atoms with van der Waals surface area (Å²) in [5.74, 6) is -1.12. The van der Waals surface area contributed by atoms with E-state index in [1.54, 1.807) is 0 Å². The van der Waals surface area contributed by atoms with E-state index in [9.17, 15) is 0 Å². The first-order chi connectivity index (χ1) is 7.53. The van der Waals surface area contributed by atoms with Crippen molar-refractivity contribution in [3.63, 3.8) is 0 Å². The quantitative estimate of drug-likeness (QED) is 0.647. The number of nitrogens with two attached hydrogens (primary N) is 1. The third-order valence-corrected chi connectivity index (χ3v) is 0.714. The molecule has 2 N–H and O–H groups in total. The van der Waals surface area contributed by atoms with Gasteiger partial charge in [0.2, 0.25) is 0 Å². The summed E-state index contributed by atoms with van der Waals surface area (Å²) in [4.78, 5) is 6.73. The third kappa shape index (κ3) is 1.66. The van der Waals surface area contributed by atoms with Gasteiger partial charge in [0.05, 0.1) is 9.60 Å². The van der Waals surface area contributed by atoms with Gasteiger partial charge in [-0.05, 0) is 6.04 Å². The van der Waals surface area contributed by atoms with E-state index >= 15 is 0 Å². The lowest BCUT2D eigenvalue weighted by Gasteiger charge is -1.96. The molecular formula is C6H9N3O. The van der Waals surface area contributed by atoms with E-state index in [2.05, 4.69) is 14.7 Å². The molecule has 0 aliphatic rings. The van der Waals surface area contributed by atoms with Gasteiger partial charge in [0.25, 0.3) is 0 Å². The molecule has 0 saturated heterocycles. The van der Waals surface area contributed by atoms with Crippen LogP contribution in [0, 0.1) is 0 Å². The minimum absolute atomic E-state index is 0.419. The maximum absolute atomic E-state index is 7.35. The second-order valence-electron chi connectivity index (χ2n) is 1.37. The van der Waals surface area contributed by atoms with Crippen molar-refractivity contribution in [2.24, 2.45) is 0 Å². The maximum Gasteiger partial charge on any atom is 0.156 e. The summed E-state index contributed by atoms with van der Waals surface area (Å²) in [5, 5.41) is 0. The monoisotopic (exact) mass is 146 g/mol. The molecule has 0 fully saturated rings. The van der Waals surface area contributed by atoms with Crippen LogP contribution in [0.1, 0.15) is 15.4 Å². The van der Waals surface area contributed by atoms with Crippen LogP contribution in [0.15, 0.2) is 12.2 Å². The first-order valence-electron chi connectivity index (χ1n) is 5.84. The Balaban J connectivity index is 3.16. The van der Waals surface area contributed by atoms with E-state index in [4.69, 9.17) is 15.3 Å². The number of anilines is 1. The van der Waals surface area contributed by atoms with Crippen LogP contribution < -0.4 is 5.73 Å². The molecule has 0 spiro atoms. The number of aromatic nitrogens is 2. The molecule has 1 rings (SSSR count). The van der Waals surface area contributed by atoms with Gasteiger partial charge in [0.1, 0.15) is 12.4 Å². The molecule has 54 valence electrons. The molecule has 0 aliphatic carbocycles. The molecule has 4 heteroatoms. The Kier molecular flexibility index (Phi) is 0.676. The molecule has 0 aromatic carbocycles. The Morgan fingerprint density at radius 3 is 3.70 bits per heavy atom. The standard InChI is InChI=1S/C6H9N3O/c1-10-4-6-8-3-2-5(7)9-6/h2-3H,4H2,1H3,(H2,7,8,9)/i1D3,2D,3D,4D2. The van der Waals surface area contributed by atoms with Gasteiger partial charge in [0, 0.05) is 13.2 Å². The topological polar surface area (TPSA) is 61.0 Å². The zero-order valence-electron chi connectivity index (χ0n) is 11.9. The molecule has 0 saturated carbocycles. The van der Waals surface area contributed by atoms with Gasteiger partial charge in [-0.15, -0.1) is 0 Å². The van der Waals surface area contributed by atoms with Crippen LogP contribution in [0.25, 0.3) is 0 Å². The Hall–Kier alpha value is -1.16. The molecule has 0 amide bonds. The van der Waals surface area contributed by atoms with Gasteiger partial charge in [-0.2, -0.15) is 0 Å². The molecular weight excluding hydrogens is 130 g/mol. The average Bonchev–Trinajstić information content (AvgIpc) is 2.09. The minimum atomic E-state index is -2.98. The highest BCUT2D eigenvalue weighted by Gasteiger charge is 1.93. The number of nitrogens with zero attached hydrogens (tertiary/aromatic N) is 2. The SMILES string of the molecule is [2H]c1nc(C([2H])([2H])OC([2H])([2H])[2H])nc(N)c1[2H]. The summed E-state index contributed by atoms with van der Waals surface area (Å²) in [7, 11) is -2.98. The van der Waals surface area contributed by atoms with Gasteiger partial charge in [-0.3, -0.25) is 0 Å². The number of methoxy groups -OCH3 is 1. The molecule has 0 atom stereocenters. The molecule has 0 bridgehead atoms. The highest BCUT2D eigenvalue weighted by Crippen LogP contribution is 1.96. The van der Waals surface area contributed by atoms with Crippen LogP contribution in [-0.2, 0) is 11.3 Å². The largest absolute Gasteiger partial charge is 0.384 e. The highest BCUT2D eigenvalue weighted by atomic mass is 16.5. The fourth-order valence-corrected chi connectivity index (χ4v) is 0.397. The van der Waals surface area contributed by atoms with Crippen LogP contribution in [0.3, 0.4) is 0 Å². The molecule has 1 aromatic heterocycles. The normalized spacial score (nSPS) is 22.6. The predicted octanol–water partition coefficient (Wildman–Crippen LogP) is 0.205. The summed E-state index contributed by atoms with van der Waals surface area (Å²) >= 11 is 0. The van der Waals surface area contributed by atoms with Crippen LogP contribution in [0.2, 0.25) is 0 Å². The van der Waals surface area contributed by atoms with Gasteiger partial charge >= 0.3 is 0 Å². The lowest BCUT2D eigenvalue weighted by atomic mass is 10.5. The number of nitrogen functional groups attached to an aromatic ring is 1. The van der Waals surface area contributed by atoms with Crippen molar-refractivity contribution in [1.29, 1.82) is 0 Å². The van der Waals surface area contributed by atoms with E-state index in [0.717, 1.165) is 0 Å². The molecule has 4 nitrogen and oxygen atoms in total. The fourth-order valence-electron chi connectivity index (χ4n) is 0.397. The summed E-state index contributed by atoms with van der Waals surface area (Å²) in [6, 6.07) is -0.460. The zero-order chi connectivity index (χ0) is 13.4. The van der Waals surface area contributed by atoms with Gasteiger partial charge in [0.15, 0.2) is 5.82 Å². The average molecular weight is 146 g/mol. The number of hydrogen-bond donors (Lipinski definition) is 1. The van der Waals surface area contributed by atoms with E-state index in [-0.39, 0.29) is 0 Å². The number of rotatable bonds is 2. The lowest BCUT2D eigenvalue weighted by molar-refractivity contribution is 0.178. The van der Waals surface area contributed by atoms with E-state index in [0.29, 0.717) is 0 Å². The smallest absolute Gasteiger partial charge is 0.156 e. The first-order valence-corrected chi connectivity index (χ1v) is 2.34. The van der Waals surface area contributed by atoms with Crippen molar-refractivity contribution in [3.05, 3.63) is 18.0 Å². The predicted molar refractivity (Wildman–Crippen MR) is 37.2 cm³/mol. The summed E-state index contributed by atoms with van der Waals surface area (Å²) in [5.41, 5.74) is 5.26. The van der Waals surface area contributed by atoms with E-state index in [1.807, 2.05) is 0 Å². The number of hydrogen-bond acceptors (Lipinski definition) is 4. The van der Waals surface area contributed by atoms with E-state index in [1.165, 1.54) is 0 Å². The van der Waals surface area contributed by atoms with Gasteiger partial charge in [-0.25, -0.2) is 9.97 Å². The van der Waals surface area contributed by atoms with Crippen molar-refractivity contribution in [2.45, 2.75) is 6.56 Å². The van der Waals surface area contributed by atoms with Crippen molar-refractivity contribution in [1.82, 2.24) is 9.97 Å². The molecule has 0 radical (unpaired) electrons. The Morgan fingerprint density at radius 1 is 2.10 bits per heavy atom. The Labute approximate surface area is 68.9 Å². The second-order valence-corrected chi connectivity index (χ2v) is 1.37. The fraction of sp³-hybridized carbons (Fsp3) is 0.333. The van der Waals surface area contributed by atoms with Crippen LogP contribution >= 0.6 is 0 Å². The zero-order valence-corrected chi connectivity index (χ0v) is 4.88. The lowest BCUT2D eigenvalue weighted by Crippen LogP contribution is -1.99.